The Morgan fingerprint density at radius 3 is 1.66 bits per heavy atom. The van der Waals surface area contributed by atoms with Gasteiger partial charge in [0, 0.05) is 30.8 Å². The molecule has 0 unspecified atom stereocenters. The van der Waals surface area contributed by atoms with Crippen LogP contribution < -0.4 is 48.7 Å². The Hall–Kier alpha value is -6.77. The summed E-state index contributed by atoms with van der Waals surface area (Å²) in [6.45, 7) is 2.12. The van der Waals surface area contributed by atoms with E-state index in [1.54, 1.807) is 36.4 Å². The third kappa shape index (κ3) is 19.3. The number of carbonyl (C=O) groups is 9. The van der Waals surface area contributed by atoms with Crippen molar-refractivity contribution in [1.82, 2.24) is 26.6 Å². The number of hydrogen-bond acceptors (Lipinski definition) is 10. The summed E-state index contributed by atoms with van der Waals surface area (Å²) in [5, 5.41) is 45.6. The molecule has 14 N–H and O–H groups in total. The van der Waals surface area contributed by atoms with Crippen LogP contribution in [0.1, 0.15) is 68.9 Å². The first-order chi connectivity index (χ1) is 28.0. The molecule has 0 aromatic heterocycles. The summed E-state index contributed by atoms with van der Waals surface area (Å²) in [6, 6.07) is 6.40. The Kier molecular flexibility index (Phi) is 20.9. The molecule has 2 aromatic rings. The van der Waals surface area contributed by atoms with Crippen LogP contribution in [0.4, 0.5) is 21.0 Å². The lowest BCUT2D eigenvalue weighted by molar-refractivity contribution is -0.143. The van der Waals surface area contributed by atoms with Crippen molar-refractivity contribution in [2.45, 2.75) is 95.3 Å². The average Bonchev–Trinajstić information content (AvgIpc) is 3.16. The van der Waals surface area contributed by atoms with E-state index >= 15 is 0 Å². The molecule has 322 valence electrons. The maximum atomic E-state index is 13.7. The van der Waals surface area contributed by atoms with Crippen molar-refractivity contribution in [3.05, 3.63) is 59.7 Å². The van der Waals surface area contributed by atoms with Gasteiger partial charge in [0.15, 0.2) is 0 Å². The Balaban J connectivity index is 2.22. The SMILES string of the molecule is Cc1ccccc1NC(=O)Nc1ccc(CC(=O)N[C@@H](CCCCNC(N)=O)C(=O)N[C@@H](CCC(=O)O)C(=O)N[C@@H](CCC(=O)O)C(=O)N[C@@H](CCCN)C(=O)O)cc1. The van der Waals surface area contributed by atoms with Crippen molar-refractivity contribution in [2.24, 2.45) is 11.5 Å². The van der Waals surface area contributed by atoms with Gasteiger partial charge in [-0.2, -0.15) is 0 Å². The summed E-state index contributed by atoms with van der Waals surface area (Å²) < 4.78 is 0. The van der Waals surface area contributed by atoms with Gasteiger partial charge in [-0.25, -0.2) is 14.4 Å². The predicted molar refractivity (Wildman–Crippen MR) is 213 cm³/mol. The van der Waals surface area contributed by atoms with Gasteiger partial charge in [-0.3, -0.25) is 28.8 Å². The van der Waals surface area contributed by atoms with Gasteiger partial charge in [0.1, 0.15) is 24.2 Å². The van der Waals surface area contributed by atoms with E-state index < -0.39 is 103 Å². The molecule has 0 heterocycles. The van der Waals surface area contributed by atoms with Gasteiger partial charge in [0.25, 0.3) is 0 Å². The molecule has 0 aliphatic rings. The van der Waals surface area contributed by atoms with Gasteiger partial charge < -0.3 is 64.0 Å². The fraction of sp³-hybridized carbons (Fsp3) is 0.447. The van der Waals surface area contributed by atoms with E-state index in [-0.39, 0.29) is 45.2 Å². The number of aryl methyl sites for hydroxylation is 1. The number of carboxylic acids is 3. The maximum absolute atomic E-state index is 13.7. The number of para-hydroxylation sites is 1. The highest BCUT2D eigenvalue weighted by molar-refractivity contribution is 6.00. The molecule has 21 heteroatoms. The second-order valence-corrected chi connectivity index (χ2v) is 13.5. The van der Waals surface area contributed by atoms with Crippen molar-refractivity contribution in [2.75, 3.05) is 23.7 Å². The topological polar surface area (TPSA) is 351 Å². The van der Waals surface area contributed by atoms with Gasteiger partial charge >= 0.3 is 30.0 Å². The second-order valence-electron chi connectivity index (χ2n) is 13.5. The molecule has 0 saturated carbocycles. The zero-order valence-electron chi connectivity index (χ0n) is 32.6. The zero-order valence-corrected chi connectivity index (χ0v) is 32.6. The number of nitrogens with two attached hydrogens (primary N) is 2. The quantitative estimate of drug-likeness (QED) is 0.0576. The number of hydrogen-bond donors (Lipinski definition) is 12. The first-order valence-corrected chi connectivity index (χ1v) is 18.8. The number of carbonyl (C=O) groups excluding carboxylic acids is 6. The Morgan fingerprint density at radius 1 is 0.627 bits per heavy atom. The Labute approximate surface area is 339 Å². The van der Waals surface area contributed by atoms with E-state index in [4.69, 9.17) is 11.5 Å². The molecular formula is C38H53N9O12. The normalized spacial score (nSPS) is 12.6. The monoisotopic (exact) mass is 827 g/mol. The van der Waals surface area contributed by atoms with Crippen LogP contribution in [0, 0.1) is 6.92 Å². The number of benzene rings is 2. The van der Waals surface area contributed by atoms with Crippen LogP contribution >= 0.6 is 0 Å². The fourth-order valence-corrected chi connectivity index (χ4v) is 5.56. The van der Waals surface area contributed by atoms with Crippen LogP contribution in [0.2, 0.25) is 0 Å². The first kappa shape index (κ1) is 48.4. The fourth-order valence-electron chi connectivity index (χ4n) is 5.56. The van der Waals surface area contributed by atoms with Crippen molar-refractivity contribution < 1.29 is 58.5 Å². The summed E-state index contributed by atoms with van der Waals surface area (Å²) in [4.78, 5) is 112. The summed E-state index contributed by atoms with van der Waals surface area (Å²) in [7, 11) is 0. The van der Waals surface area contributed by atoms with Gasteiger partial charge in [0.05, 0.1) is 6.42 Å². The number of carboxylic acid groups (broad SMARTS) is 3. The highest BCUT2D eigenvalue weighted by Crippen LogP contribution is 2.15. The summed E-state index contributed by atoms with van der Waals surface area (Å²) in [5.74, 6) is -7.67. The van der Waals surface area contributed by atoms with Crippen LogP contribution in [0.15, 0.2) is 48.5 Å². The smallest absolute Gasteiger partial charge is 0.326 e. The molecule has 2 rings (SSSR count). The zero-order chi connectivity index (χ0) is 43.9. The van der Waals surface area contributed by atoms with Crippen LogP contribution in [0.3, 0.4) is 0 Å². The van der Waals surface area contributed by atoms with E-state index in [2.05, 4.69) is 37.2 Å². The molecule has 59 heavy (non-hydrogen) atoms. The number of nitrogens with one attached hydrogen (secondary N) is 7. The maximum Gasteiger partial charge on any atom is 0.326 e. The number of unbranched alkanes of at least 4 members (excludes halogenated alkanes) is 1. The lowest BCUT2D eigenvalue weighted by Gasteiger charge is -2.26. The molecule has 0 aliphatic heterocycles. The van der Waals surface area contributed by atoms with Gasteiger partial charge in [0.2, 0.25) is 23.6 Å². The van der Waals surface area contributed by atoms with Gasteiger partial charge in [-0.15, -0.1) is 0 Å². The Morgan fingerprint density at radius 2 is 1.15 bits per heavy atom. The van der Waals surface area contributed by atoms with Gasteiger partial charge in [-0.1, -0.05) is 30.3 Å². The second kappa shape index (κ2) is 25.5. The minimum atomic E-state index is -1.61. The number of primary amides is 1. The predicted octanol–water partition coefficient (Wildman–Crippen LogP) is 0.512. The third-order valence-corrected chi connectivity index (χ3v) is 8.71. The molecule has 0 spiro atoms. The number of aliphatic carboxylic acids is 3. The summed E-state index contributed by atoms with van der Waals surface area (Å²) in [5.41, 5.74) is 13.0. The molecule has 8 amide bonds. The third-order valence-electron chi connectivity index (χ3n) is 8.71. The highest BCUT2D eigenvalue weighted by Gasteiger charge is 2.32. The van der Waals surface area contributed by atoms with Crippen molar-refractivity contribution >= 4 is 65.0 Å². The molecule has 0 saturated heterocycles. The van der Waals surface area contributed by atoms with E-state index in [0.29, 0.717) is 23.4 Å². The minimum Gasteiger partial charge on any atom is -0.481 e. The molecule has 0 aliphatic carbocycles. The standard InChI is InChI=1S/C38H53N9O12/c1-22-7-2-3-8-25(22)47-38(59)42-24-13-11-23(12-14-24)21-30(48)43-26(9-4-5-20-41-37(40)58)33(53)44-27(15-17-31(49)50)34(54)45-28(16-18-32(51)52)35(55)46-29(36(56)57)10-6-19-39/h2-3,7-8,11-14,26-29H,4-6,9-10,15-21,39H2,1H3,(H,43,48)(H,44,53)(H,45,54)(H,46,55)(H,49,50)(H,51,52)(H,56,57)(H3,40,41,58)(H2,42,47,59)/t26-,27-,28-,29-/m0/s1. The van der Waals surface area contributed by atoms with E-state index in [0.717, 1.165) is 5.56 Å². The molecule has 0 bridgehead atoms. The molecule has 0 fully saturated rings. The van der Waals surface area contributed by atoms with Crippen LogP contribution in [-0.2, 0) is 40.0 Å². The molecule has 4 atom stereocenters. The van der Waals surface area contributed by atoms with Crippen LogP contribution in [0.25, 0.3) is 0 Å². The van der Waals surface area contributed by atoms with Gasteiger partial charge in [-0.05, 0) is 87.7 Å². The lowest BCUT2D eigenvalue weighted by Crippen LogP contribution is -2.58. The molecule has 2 aromatic carbocycles. The van der Waals surface area contributed by atoms with Crippen molar-refractivity contribution in [3.8, 4) is 0 Å². The average molecular weight is 828 g/mol. The number of anilines is 2. The van der Waals surface area contributed by atoms with E-state index in [1.165, 1.54) is 0 Å². The molecule has 0 radical (unpaired) electrons. The summed E-state index contributed by atoms with van der Waals surface area (Å²) in [6.07, 6.45) is -1.66. The highest BCUT2D eigenvalue weighted by atomic mass is 16.4. The summed E-state index contributed by atoms with van der Waals surface area (Å²) >= 11 is 0. The molecular weight excluding hydrogens is 774 g/mol. The minimum absolute atomic E-state index is 0.00678. The lowest BCUT2D eigenvalue weighted by atomic mass is 10.0. The molecule has 21 nitrogen and oxygen atoms in total. The van der Waals surface area contributed by atoms with Crippen molar-refractivity contribution in [1.29, 1.82) is 0 Å². The van der Waals surface area contributed by atoms with Crippen molar-refractivity contribution in [3.63, 3.8) is 0 Å². The number of amides is 8. The first-order valence-electron chi connectivity index (χ1n) is 18.8. The van der Waals surface area contributed by atoms with E-state index in [9.17, 15) is 58.5 Å². The van der Waals surface area contributed by atoms with E-state index in [1.807, 2.05) is 19.1 Å². The number of rotatable bonds is 26. The number of urea groups is 2. The van der Waals surface area contributed by atoms with Crippen LogP contribution in [-0.4, -0.2) is 106 Å². The Bertz CT molecular complexity index is 1790. The largest absolute Gasteiger partial charge is 0.481 e. The van der Waals surface area contributed by atoms with Crippen LogP contribution in [0.5, 0.6) is 0 Å².